The van der Waals surface area contributed by atoms with Gasteiger partial charge in [0.25, 0.3) is 0 Å². The maximum Gasteiger partial charge on any atom is 0.204 e. The molecule has 3 aromatic rings. The van der Waals surface area contributed by atoms with E-state index in [9.17, 15) is 40.5 Å². The molecule has 0 bridgehead atoms. The Balaban J connectivity index is 1.97. The Kier molecular flexibility index (Phi) is 4.60. The van der Waals surface area contributed by atoms with E-state index in [0.29, 0.717) is 0 Å². The Bertz CT molecular complexity index is 1150. The van der Waals surface area contributed by atoms with E-state index >= 15 is 0 Å². The zero-order valence-corrected chi connectivity index (χ0v) is 14.8. The number of aliphatic hydroxyl groups excluding tert-OH is 4. The molecule has 1 aromatic heterocycles. The summed E-state index contributed by atoms with van der Waals surface area (Å²) in [6.45, 7) is -0.706. The summed E-state index contributed by atoms with van der Waals surface area (Å²) in [7, 11) is 0. The van der Waals surface area contributed by atoms with Crippen molar-refractivity contribution < 1.29 is 44.9 Å². The van der Waals surface area contributed by atoms with Crippen LogP contribution >= 0.6 is 0 Å². The van der Waals surface area contributed by atoms with Crippen LogP contribution < -0.4 is 5.43 Å². The van der Waals surface area contributed by atoms with E-state index in [4.69, 9.17) is 9.15 Å². The molecule has 0 radical (unpaired) electrons. The number of ether oxygens (including phenoxy) is 1. The lowest BCUT2D eigenvalue weighted by Gasteiger charge is -2.40. The molecule has 5 atom stereocenters. The number of aromatic hydroxyl groups is 3. The first-order valence-corrected chi connectivity index (χ1v) is 8.69. The molecule has 10 nitrogen and oxygen atoms in total. The van der Waals surface area contributed by atoms with E-state index in [2.05, 4.69) is 0 Å². The Morgan fingerprint density at radius 2 is 1.66 bits per heavy atom. The Morgan fingerprint density at radius 1 is 0.931 bits per heavy atom. The molecule has 0 aliphatic carbocycles. The van der Waals surface area contributed by atoms with Gasteiger partial charge in [-0.15, -0.1) is 0 Å². The molecule has 0 spiro atoms. The summed E-state index contributed by atoms with van der Waals surface area (Å²) >= 11 is 0. The molecule has 5 unspecified atom stereocenters. The van der Waals surface area contributed by atoms with Crippen LogP contribution in [-0.4, -0.2) is 66.8 Å². The van der Waals surface area contributed by atoms with Crippen LogP contribution in [0, 0.1) is 0 Å². The topological polar surface area (TPSA) is 181 Å². The highest BCUT2D eigenvalue weighted by molar-refractivity contribution is 5.95. The molecule has 1 aliphatic rings. The van der Waals surface area contributed by atoms with Gasteiger partial charge in [0.05, 0.1) is 17.6 Å². The molecular weight excluding hydrogens is 388 g/mol. The lowest BCUT2D eigenvalue weighted by atomic mass is 9.89. The zero-order valence-electron chi connectivity index (χ0n) is 14.8. The lowest BCUT2D eigenvalue weighted by molar-refractivity contribution is -0.232. The molecule has 0 saturated carbocycles. The normalized spacial score (nSPS) is 27.5. The number of hydrogen-bond acceptors (Lipinski definition) is 10. The third-order valence-electron chi connectivity index (χ3n) is 5.11. The maximum atomic E-state index is 12.9. The van der Waals surface area contributed by atoms with Gasteiger partial charge in [-0.05, 0) is 18.2 Å². The summed E-state index contributed by atoms with van der Waals surface area (Å²) in [6.07, 6.45) is -8.00. The molecule has 1 saturated heterocycles. The number of benzene rings is 2. The van der Waals surface area contributed by atoms with Gasteiger partial charge in [0.15, 0.2) is 0 Å². The van der Waals surface area contributed by atoms with E-state index in [1.807, 2.05) is 0 Å². The monoisotopic (exact) mass is 406 g/mol. The van der Waals surface area contributed by atoms with Crippen LogP contribution in [0.5, 0.6) is 17.2 Å². The Hall–Kier alpha value is -2.89. The summed E-state index contributed by atoms with van der Waals surface area (Å²) in [5.41, 5.74) is -1.17. The highest BCUT2D eigenvalue weighted by Gasteiger charge is 2.46. The standard InChI is InChI=1S/C19H18O10/c20-5-11-15(24)17(26)18(27)19(29-11)12-8(22)4-10-13(16(12)25)14(23)7-3-6(21)1-2-9(7)28-10/h1-4,11,15,17-22,24-27H,5H2. The van der Waals surface area contributed by atoms with Gasteiger partial charge in [0.1, 0.15) is 64.3 Å². The zero-order chi connectivity index (χ0) is 21.0. The average molecular weight is 406 g/mol. The molecule has 1 aliphatic heterocycles. The lowest BCUT2D eigenvalue weighted by Crippen LogP contribution is -2.55. The largest absolute Gasteiger partial charge is 0.508 e. The number of aliphatic hydroxyl groups is 4. The van der Waals surface area contributed by atoms with Gasteiger partial charge < -0.3 is 44.9 Å². The summed E-state index contributed by atoms with van der Waals surface area (Å²) in [4.78, 5) is 12.9. The summed E-state index contributed by atoms with van der Waals surface area (Å²) in [6, 6.07) is 4.85. The first-order valence-electron chi connectivity index (χ1n) is 8.69. The van der Waals surface area contributed by atoms with Crippen molar-refractivity contribution in [3.05, 3.63) is 40.1 Å². The van der Waals surface area contributed by atoms with Crippen molar-refractivity contribution >= 4 is 21.9 Å². The highest BCUT2D eigenvalue weighted by Crippen LogP contribution is 2.44. The van der Waals surface area contributed by atoms with Gasteiger partial charge in [-0.2, -0.15) is 0 Å². The molecule has 7 N–H and O–H groups in total. The third-order valence-corrected chi connectivity index (χ3v) is 5.11. The molecule has 29 heavy (non-hydrogen) atoms. The maximum absolute atomic E-state index is 12.9. The van der Waals surface area contributed by atoms with Crippen LogP contribution in [0.4, 0.5) is 0 Å². The van der Waals surface area contributed by atoms with Gasteiger partial charge in [0.2, 0.25) is 5.43 Å². The van der Waals surface area contributed by atoms with Crippen LogP contribution in [0.3, 0.4) is 0 Å². The van der Waals surface area contributed by atoms with Gasteiger partial charge in [0, 0.05) is 6.07 Å². The first-order chi connectivity index (χ1) is 13.7. The molecule has 4 rings (SSSR count). The fourth-order valence-electron chi connectivity index (χ4n) is 3.60. The average Bonchev–Trinajstić information content (AvgIpc) is 2.68. The van der Waals surface area contributed by atoms with E-state index in [1.165, 1.54) is 12.1 Å². The minimum absolute atomic E-state index is 0.0294. The summed E-state index contributed by atoms with van der Waals surface area (Å²) in [5, 5.41) is 70.0. The summed E-state index contributed by atoms with van der Waals surface area (Å²) < 4.78 is 10.9. The Morgan fingerprint density at radius 3 is 2.34 bits per heavy atom. The van der Waals surface area contributed by atoms with E-state index in [0.717, 1.165) is 12.1 Å². The van der Waals surface area contributed by atoms with E-state index in [1.54, 1.807) is 0 Å². The molecule has 1 fully saturated rings. The minimum atomic E-state index is -1.78. The van der Waals surface area contributed by atoms with Crippen LogP contribution in [0.25, 0.3) is 21.9 Å². The van der Waals surface area contributed by atoms with Crippen LogP contribution in [-0.2, 0) is 4.74 Å². The van der Waals surface area contributed by atoms with Gasteiger partial charge >= 0.3 is 0 Å². The smallest absolute Gasteiger partial charge is 0.204 e. The quantitative estimate of drug-likeness (QED) is 0.276. The number of rotatable bonds is 2. The number of phenolic OH excluding ortho intramolecular Hbond substituents is 3. The fraction of sp³-hybridized carbons (Fsp3) is 0.316. The SMILES string of the molecule is O=c1c2cc(O)ccc2oc2cc(O)c(C3OC(CO)C(O)C(O)C3O)c(O)c12. The summed E-state index contributed by atoms with van der Waals surface area (Å²) in [5.74, 6) is -1.56. The second kappa shape index (κ2) is 6.87. The predicted molar refractivity (Wildman–Crippen MR) is 97.7 cm³/mol. The molecule has 10 heteroatoms. The first kappa shape index (κ1) is 19.4. The van der Waals surface area contributed by atoms with Crippen molar-refractivity contribution in [2.75, 3.05) is 6.61 Å². The van der Waals surface area contributed by atoms with Crippen molar-refractivity contribution in [3.63, 3.8) is 0 Å². The van der Waals surface area contributed by atoms with Gasteiger partial charge in [-0.25, -0.2) is 0 Å². The molecule has 2 heterocycles. The molecule has 154 valence electrons. The van der Waals surface area contributed by atoms with Gasteiger partial charge in [-0.1, -0.05) is 0 Å². The van der Waals surface area contributed by atoms with Crippen LogP contribution in [0.1, 0.15) is 11.7 Å². The Labute approximate surface area is 162 Å². The van der Waals surface area contributed by atoms with Crippen molar-refractivity contribution in [2.24, 2.45) is 0 Å². The van der Waals surface area contributed by atoms with Crippen LogP contribution in [0.15, 0.2) is 33.5 Å². The van der Waals surface area contributed by atoms with Crippen molar-refractivity contribution in [1.82, 2.24) is 0 Å². The minimum Gasteiger partial charge on any atom is -0.508 e. The second-order valence-corrected chi connectivity index (χ2v) is 6.89. The third kappa shape index (κ3) is 2.89. The van der Waals surface area contributed by atoms with Crippen LogP contribution in [0.2, 0.25) is 0 Å². The van der Waals surface area contributed by atoms with Crippen molar-refractivity contribution in [2.45, 2.75) is 30.5 Å². The number of hydrogen-bond donors (Lipinski definition) is 7. The number of phenols is 3. The van der Waals surface area contributed by atoms with Crippen molar-refractivity contribution in [1.29, 1.82) is 0 Å². The van der Waals surface area contributed by atoms with E-state index in [-0.39, 0.29) is 27.7 Å². The predicted octanol–water partition coefficient (Wildman–Crippen LogP) is -0.422. The molecule has 2 aromatic carbocycles. The van der Waals surface area contributed by atoms with E-state index < -0.39 is 59.6 Å². The van der Waals surface area contributed by atoms with Gasteiger partial charge in [-0.3, -0.25) is 4.79 Å². The fourth-order valence-corrected chi connectivity index (χ4v) is 3.60. The second-order valence-electron chi connectivity index (χ2n) is 6.89. The van der Waals surface area contributed by atoms with Crippen molar-refractivity contribution in [3.8, 4) is 17.2 Å². The number of fused-ring (bicyclic) bond motifs is 2. The molecular formula is C19H18O10. The highest BCUT2D eigenvalue weighted by atomic mass is 16.5. The molecule has 0 amide bonds.